The minimum Gasteiger partial charge on any atom is -0.478 e. The molecule has 2 N–H and O–H groups in total. The second kappa shape index (κ2) is 3.45. The van der Waals surface area contributed by atoms with Gasteiger partial charge in [0.15, 0.2) is 0 Å². The van der Waals surface area contributed by atoms with Gasteiger partial charge in [-0.1, -0.05) is 0 Å². The summed E-state index contributed by atoms with van der Waals surface area (Å²) in [5, 5.41) is 17.3. The summed E-state index contributed by atoms with van der Waals surface area (Å²) in [4.78, 5) is 21.3. The van der Waals surface area contributed by atoms with Crippen molar-refractivity contribution in [1.29, 1.82) is 0 Å². The lowest BCUT2D eigenvalue weighted by molar-refractivity contribution is 0.0650. The van der Waals surface area contributed by atoms with Crippen LogP contribution in [0.2, 0.25) is 0 Å². The molecule has 0 saturated carbocycles. The quantitative estimate of drug-likeness (QED) is 0.755. The van der Waals surface area contributed by atoms with Crippen LogP contribution < -0.4 is 0 Å². The number of halogens is 1. The monoisotopic (exact) mass is 198 g/mol. The first-order valence-corrected chi connectivity index (χ1v) is 3.71. The number of aromatic carboxylic acids is 2. The zero-order valence-corrected chi connectivity index (χ0v) is 7.24. The fraction of sp³-hybridized carbons (Fsp3) is 0.111. The Balaban J connectivity index is 3.53. The summed E-state index contributed by atoms with van der Waals surface area (Å²) in [7, 11) is 0. The summed E-state index contributed by atoms with van der Waals surface area (Å²) in [6, 6.07) is 1.87. The van der Waals surface area contributed by atoms with Gasteiger partial charge in [-0.2, -0.15) is 0 Å². The molecule has 1 aromatic rings. The Morgan fingerprint density at radius 1 is 1.21 bits per heavy atom. The van der Waals surface area contributed by atoms with Gasteiger partial charge in [-0.15, -0.1) is 0 Å². The van der Waals surface area contributed by atoms with Crippen LogP contribution in [0, 0.1) is 12.7 Å². The van der Waals surface area contributed by atoms with Gasteiger partial charge < -0.3 is 10.2 Å². The van der Waals surface area contributed by atoms with Gasteiger partial charge in [-0.3, -0.25) is 0 Å². The summed E-state index contributed by atoms with van der Waals surface area (Å²) < 4.78 is 12.9. The zero-order valence-electron chi connectivity index (χ0n) is 7.24. The molecule has 0 spiro atoms. The molecule has 1 aromatic carbocycles. The minimum absolute atomic E-state index is 0.169. The predicted octanol–water partition coefficient (Wildman–Crippen LogP) is 1.53. The van der Waals surface area contributed by atoms with E-state index in [0.29, 0.717) is 0 Å². The average molecular weight is 198 g/mol. The lowest BCUT2D eigenvalue weighted by Crippen LogP contribution is -2.11. The molecule has 0 radical (unpaired) electrons. The molecular formula is C9H7FO4. The second-order valence-electron chi connectivity index (χ2n) is 2.71. The van der Waals surface area contributed by atoms with Crippen molar-refractivity contribution in [3.63, 3.8) is 0 Å². The molecular weight excluding hydrogens is 191 g/mol. The summed E-state index contributed by atoms with van der Waals surface area (Å²) in [5.41, 5.74) is -1.08. The van der Waals surface area contributed by atoms with Gasteiger partial charge >= 0.3 is 11.9 Å². The summed E-state index contributed by atoms with van der Waals surface area (Å²) in [6.45, 7) is 1.23. The zero-order chi connectivity index (χ0) is 10.9. The first-order chi connectivity index (χ1) is 6.45. The van der Waals surface area contributed by atoms with E-state index < -0.39 is 28.9 Å². The van der Waals surface area contributed by atoms with E-state index in [4.69, 9.17) is 10.2 Å². The second-order valence-corrected chi connectivity index (χ2v) is 2.71. The molecule has 4 nitrogen and oxygen atoms in total. The van der Waals surface area contributed by atoms with Crippen molar-refractivity contribution >= 4 is 11.9 Å². The molecule has 0 aliphatic carbocycles. The van der Waals surface area contributed by atoms with E-state index in [1.54, 1.807) is 0 Å². The van der Waals surface area contributed by atoms with Crippen LogP contribution in [0.25, 0.3) is 0 Å². The number of rotatable bonds is 2. The first-order valence-electron chi connectivity index (χ1n) is 3.71. The Morgan fingerprint density at radius 2 is 1.79 bits per heavy atom. The van der Waals surface area contributed by atoms with E-state index >= 15 is 0 Å². The smallest absolute Gasteiger partial charge is 0.336 e. The molecule has 0 heterocycles. The third-order valence-corrected chi connectivity index (χ3v) is 1.84. The van der Waals surface area contributed by atoms with Gasteiger partial charge in [-0.05, 0) is 19.1 Å². The molecule has 0 amide bonds. The van der Waals surface area contributed by atoms with Crippen molar-refractivity contribution < 1.29 is 24.2 Å². The number of carbonyl (C=O) groups is 2. The lowest BCUT2D eigenvalue weighted by Gasteiger charge is -2.05. The van der Waals surface area contributed by atoms with Gasteiger partial charge in [0.05, 0.1) is 11.1 Å². The van der Waals surface area contributed by atoms with Crippen LogP contribution in [0.5, 0.6) is 0 Å². The highest BCUT2D eigenvalue weighted by molar-refractivity contribution is 6.02. The van der Waals surface area contributed by atoms with Gasteiger partial charge in [0, 0.05) is 5.56 Å². The number of benzene rings is 1. The van der Waals surface area contributed by atoms with E-state index in [-0.39, 0.29) is 5.56 Å². The van der Waals surface area contributed by atoms with Crippen molar-refractivity contribution in [1.82, 2.24) is 0 Å². The van der Waals surface area contributed by atoms with Crippen molar-refractivity contribution in [2.24, 2.45) is 0 Å². The number of carboxylic acids is 2. The van der Waals surface area contributed by atoms with Crippen LogP contribution in [0.4, 0.5) is 4.39 Å². The Hall–Kier alpha value is -1.91. The molecule has 5 heteroatoms. The summed E-state index contributed by atoms with van der Waals surface area (Å²) in [6.07, 6.45) is 0. The Kier molecular flexibility index (Phi) is 2.51. The van der Waals surface area contributed by atoms with Gasteiger partial charge in [0.2, 0.25) is 0 Å². The number of carboxylic acid groups (broad SMARTS) is 2. The standard InChI is InChI=1S/C9H7FO4/c1-4-6(10)3-2-5(8(11)12)7(4)9(13)14/h2-3H,1H3,(H,11,12)(H,13,14). The van der Waals surface area contributed by atoms with Crippen LogP contribution in [0.15, 0.2) is 12.1 Å². The highest BCUT2D eigenvalue weighted by atomic mass is 19.1. The Bertz CT molecular complexity index is 412. The summed E-state index contributed by atoms with van der Waals surface area (Å²) in [5.74, 6) is -3.56. The van der Waals surface area contributed by atoms with Crippen molar-refractivity contribution in [3.8, 4) is 0 Å². The largest absolute Gasteiger partial charge is 0.478 e. The van der Waals surface area contributed by atoms with Gasteiger partial charge in [0.1, 0.15) is 5.82 Å². The molecule has 1 rings (SSSR count). The molecule has 0 fully saturated rings. The van der Waals surface area contributed by atoms with Crippen LogP contribution >= 0.6 is 0 Å². The normalized spacial score (nSPS) is 9.86. The van der Waals surface area contributed by atoms with E-state index in [0.717, 1.165) is 12.1 Å². The molecule has 0 aliphatic heterocycles. The molecule has 0 saturated heterocycles. The highest BCUT2D eigenvalue weighted by Crippen LogP contribution is 2.17. The average Bonchev–Trinajstić information content (AvgIpc) is 2.08. The van der Waals surface area contributed by atoms with Crippen LogP contribution in [0.3, 0.4) is 0 Å². The van der Waals surface area contributed by atoms with Crippen molar-refractivity contribution in [3.05, 3.63) is 34.6 Å². The fourth-order valence-electron chi connectivity index (χ4n) is 1.14. The first kappa shape index (κ1) is 10.2. The fourth-order valence-corrected chi connectivity index (χ4v) is 1.14. The molecule has 0 bridgehead atoms. The highest BCUT2D eigenvalue weighted by Gasteiger charge is 2.20. The lowest BCUT2D eigenvalue weighted by atomic mass is 10.0. The van der Waals surface area contributed by atoms with Crippen molar-refractivity contribution in [2.75, 3.05) is 0 Å². The Morgan fingerprint density at radius 3 is 2.21 bits per heavy atom. The maximum absolute atomic E-state index is 12.9. The molecule has 14 heavy (non-hydrogen) atoms. The SMILES string of the molecule is Cc1c(F)ccc(C(=O)O)c1C(=O)O. The van der Waals surface area contributed by atoms with Crippen molar-refractivity contribution in [2.45, 2.75) is 6.92 Å². The van der Waals surface area contributed by atoms with Gasteiger partial charge in [-0.25, -0.2) is 14.0 Å². The third-order valence-electron chi connectivity index (χ3n) is 1.84. The number of hydrogen-bond acceptors (Lipinski definition) is 2. The van der Waals surface area contributed by atoms with E-state index in [1.165, 1.54) is 6.92 Å². The van der Waals surface area contributed by atoms with Gasteiger partial charge in [0.25, 0.3) is 0 Å². The van der Waals surface area contributed by atoms with Crippen LogP contribution in [-0.2, 0) is 0 Å². The maximum Gasteiger partial charge on any atom is 0.336 e. The molecule has 74 valence electrons. The van der Waals surface area contributed by atoms with E-state index in [2.05, 4.69) is 0 Å². The van der Waals surface area contributed by atoms with E-state index in [9.17, 15) is 14.0 Å². The molecule has 0 unspecified atom stereocenters. The molecule has 0 atom stereocenters. The number of hydrogen-bond donors (Lipinski definition) is 2. The van der Waals surface area contributed by atoms with E-state index in [1.807, 2.05) is 0 Å². The van der Waals surface area contributed by atoms with Crippen LogP contribution in [-0.4, -0.2) is 22.2 Å². The summed E-state index contributed by atoms with van der Waals surface area (Å²) >= 11 is 0. The predicted molar refractivity (Wildman–Crippen MR) is 45.1 cm³/mol. The topological polar surface area (TPSA) is 74.6 Å². The molecule has 0 aromatic heterocycles. The van der Waals surface area contributed by atoms with Crippen LogP contribution in [0.1, 0.15) is 26.3 Å². The minimum atomic E-state index is -1.44. The Labute approximate surface area is 78.6 Å². The third kappa shape index (κ3) is 1.56. The molecule has 0 aliphatic rings. The maximum atomic E-state index is 12.9.